The number of aliphatic hydroxyl groups excluding tert-OH is 1. The monoisotopic (exact) mass is 233 g/mol. The summed E-state index contributed by atoms with van der Waals surface area (Å²) in [6.45, 7) is 0.795. The quantitative estimate of drug-likeness (QED) is 0.818. The van der Waals surface area contributed by atoms with Gasteiger partial charge in [-0.3, -0.25) is 0 Å². The van der Waals surface area contributed by atoms with Crippen LogP contribution in [0.1, 0.15) is 36.0 Å². The Morgan fingerprint density at radius 3 is 2.65 bits per heavy atom. The predicted octanol–water partition coefficient (Wildman–Crippen LogP) is 2.07. The van der Waals surface area contributed by atoms with E-state index >= 15 is 0 Å². The largest absolute Gasteiger partial charge is 0.396 e. The van der Waals surface area contributed by atoms with E-state index in [2.05, 4.69) is 18.2 Å². The fourth-order valence-electron chi connectivity index (χ4n) is 2.60. The van der Waals surface area contributed by atoms with Crippen LogP contribution < -0.4 is 5.73 Å². The van der Waals surface area contributed by atoms with Crippen molar-refractivity contribution < 1.29 is 5.11 Å². The van der Waals surface area contributed by atoms with E-state index in [0.29, 0.717) is 6.54 Å². The second-order valence-electron chi connectivity index (χ2n) is 5.13. The van der Waals surface area contributed by atoms with Crippen LogP contribution >= 0.6 is 0 Å². The Balaban J connectivity index is 1.97. The van der Waals surface area contributed by atoms with Gasteiger partial charge in [-0.1, -0.05) is 18.2 Å². The molecular formula is C15H23NO. The first-order valence-corrected chi connectivity index (χ1v) is 6.75. The van der Waals surface area contributed by atoms with Gasteiger partial charge in [0.2, 0.25) is 0 Å². The summed E-state index contributed by atoms with van der Waals surface area (Å²) in [6.07, 6.45) is 7.19. The van der Waals surface area contributed by atoms with E-state index in [9.17, 15) is 0 Å². The van der Waals surface area contributed by atoms with Crippen LogP contribution in [-0.2, 0) is 19.3 Å². The molecule has 0 aliphatic heterocycles. The zero-order valence-corrected chi connectivity index (χ0v) is 10.5. The van der Waals surface area contributed by atoms with Gasteiger partial charge in [0, 0.05) is 6.61 Å². The molecule has 0 bridgehead atoms. The molecule has 0 radical (unpaired) electrons. The van der Waals surface area contributed by atoms with Crippen molar-refractivity contribution in [2.75, 3.05) is 13.2 Å². The number of hydrogen-bond donors (Lipinski definition) is 2. The molecule has 1 aliphatic rings. The Bertz CT molecular complexity index is 358. The average Bonchev–Trinajstić information content (AvgIpc) is 2.40. The lowest BCUT2D eigenvalue weighted by molar-refractivity contribution is 0.223. The van der Waals surface area contributed by atoms with Gasteiger partial charge in [0.1, 0.15) is 0 Å². The molecule has 2 heteroatoms. The lowest BCUT2D eigenvalue weighted by Crippen LogP contribution is -2.18. The van der Waals surface area contributed by atoms with Crippen molar-refractivity contribution >= 4 is 0 Å². The minimum atomic E-state index is 0.210. The maximum Gasteiger partial charge on any atom is 0.0471 e. The van der Waals surface area contributed by atoms with Crippen molar-refractivity contribution in [3.63, 3.8) is 0 Å². The molecule has 3 N–H and O–H groups in total. The van der Waals surface area contributed by atoms with Gasteiger partial charge in [0.05, 0.1) is 0 Å². The molecule has 2 rings (SSSR count). The average molecular weight is 233 g/mol. The van der Waals surface area contributed by atoms with Crippen molar-refractivity contribution in [1.82, 2.24) is 0 Å². The van der Waals surface area contributed by atoms with E-state index in [4.69, 9.17) is 10.8 Å². The number of nitrogens with two attached hydrogens (primary N) is 1. The molecule has 0 saturated heterocycles. The molecule has 1 aromatic rings. The normalized spacial score (nSPS) is 16.6. The highest BCUT2D eigenvalue weighted by atomic mass is 16.3. The van der Waals surface area contributed by atoms with Gasteiger partial charge in [0.15, 0.2) is 0 Å². The second-order valence-corrected chi connectivity index (χ2v) is 5.13. The summed E-state index contributed by atoms with van der Waals surface area (Å²) >= 11 is 0. The minimum Gasteiger partial charge on any atom is -0.396 e. The molecule has 94 valence electrons. The molecule has 1 aliphatic carbocycles. The first-order valence-electron chi connectivity index (χ1n) is 6.75. The van der Waals surface area contributed by atoms with Gasteiger partial charge in [-0.05, 0) is 67.7 Å². The fraction of sp³-hybridized carbons (Fsp3) is 0.600. The van der Waals surface area contributed by atoms with Gasteiger partial charge in [-0.15, -0.1) is 0 Å². The SMILES string of the molecule is NCC(CO)CCc1ccc2c(c1)CCCC2. The number of aliphatic hydroxyl groups is 1. The molecule has 17 heavy (non-hydrogen) atoms. The van der Waals surface area contributed by atoms with Crippen LogP contribution in [0.5, 0.6) is 0 Å². The van der Waals surface area contributed by atoms with Crippen LogP contribution in [-0.4, -0.2) is 18.3 Å². The number of rotatable bonds is 5. The van der Waals surface area contributed by atoms with Crippen molar-refractivity contribution in [2.45, 2.75) is 38.5 Å². The first-order chi connectivity index (χ1) is 8.33. The number of fused-ring (bicyclic) bond motifs is 1. The van der Waals surface area contributed by atoms with Crippen LogP contribution in [0.3, 0.4) is 0 Å². The van der Waals surface area contributed by atoms with Crippen LogP contribution in [0.2, 0.25) is 0 Å². The summed E-state index contributed by atoms with van der Waals surface area (Å²) in [5.74, 6) is 0.256. The van der Waals surface area contributed by atoms with Crippen LogP contribution in [0.25, 0.3) is 0 Å². The molecule has 1 unspecified atom stereocenters. The smallest absolute Gasteiger partial charge is 0.0471 e. The molecule has 1 aromatic carbocycles. The topological polar surface area (TPSA) is 46.2 Å². The lowest BCUT2D eigenvalue weighted by atomic mass is 9.89. The van der Waals surface area contributed by atoms with Crippen LogP contribution in [0.15, 0.2) is 18.2 Å². The Kier molecular flexibility index (Phi) is 4.57. The van der Waals surface area contributed by atoms with E-state index in [1.807, 2.05) is 0 Å². The highest BCUT2D eigenvalue weighted by Crippen LogP contribution is 2.23. The fourth-order valence-corrected chi connectivity index (χ4v) is 2.60. The van der Waals surface area contributed by atoms with E-state index in [0.717, 1.165) is 12.8 Å². The number of benzene rings is 1. The van der Waals surface area contributed by atoms with E-state index in [1.54, 1.807) is 5.56 Å². The summed E-state index contributed by atoms with van der Waals surface area (Å²) in [7, 11) is 0. The van der Waals surface area contributed by atoms with E-state index in [-0.39, 0.29) is 12.5 Å². The summed E-state index contributed by atoms with van der Waals surface area (Å²) < 4.78 is 0. The molecular weight excluding hydrogens is 210 g/mol. The highest BCUT2D eigenvalue weighted by Gasteiger charge is 2.10. The van der Waals surface area contributed by atoms with Gasteiger partial charge >= 0.3 is 0 Å². The third-order valence-corrected chi connectivity index (χ3v) is 3.85. The molecule has 2 nitrogen and oxygen atoms in total. The molecule has 0 amide bonds. The third kappa shape index (κ3) is 3.30. The molecule has 0 aromatic heterocycles. The summed E-state index contributed by atoms with van der Waals surface area (Å²) in [5, 5.41) is 9.12. The molecule has 1 atom stereocenters. The Morgan fingerprint density at radius 1 is 1.18 bits per heavy atom. The van der Waals surface area contributed by atoms with Crippen molar-refractivity contribution in [2.24, 2.45) is 11.7 Å². The van der Waals surface area contributed by atoms with E-state index in [1.165, 1.54) is 36.8 Å². The maximum absolute atomic E-state index is 9.12. The van der Waals surface area contributed by atoms with Gasteiger partial charge in [0.25, 0.3) is 0 Å². The summed E-state index contributed by atoms with van der Waals surface area (Å²) in [5.41, 5.74) is 10.1. The van der Waals surface area contributed by atoms with Crippen LogP contribution in [0, 0.1) is 5.92 Å². The zero-order valence-electron chi connectivity index (χ0n) is 10.5. The summed E-state index contributed by atoms with van der Waals surface area (Å²) in [6, 6.07) is 6.90. The first kappa shape index (κ1) is 12.6. The van der Waals surface area contributed by atoms with Gasteiger partial charge in [-0.2, -0.15) is 0 Å². The number of aryl methyl sites for hydroxylation is 3. The van der Waals surface area contributed by atoms with E-state index < -0.39 is 0 Å². The molecule has 0 saturated carbocycles. The van der Waals surface area contributed by atoms with Crippen molar-refractivity contribution in [3.8, 4) is 0 Å². The second kappa shape index (κ2) is 6.18. The molecule has 0 fully saturated rings. The summed E-state index contributed by atoms with van der Waals surface area (Å²) in [4.78, 5) is 0. The number of hydrogen-bond acceptors (Lipinski definition) is 2. The highest BCUT2D eigenvalue weighted by molar-refractivity contribution is 5.33. The van der Waals surface area contributed by atoms with Crippen molar-refractivity contribution in [3.05, 3.63) is 34.9 Å². The van der Waals surface area contributed by atoms with Gasteiger partial charge in [-0.25, -0.2) is 0 Å². The van der Waals surface area contributed by atoms with Crippen molar-refractivity contribution in [1.29, 1.82) is 0 Å². The Labute approximate surface area is 104 Å². The third-order valence-electron chi connectivity index (χ3n) is 3.85. The predicted molar refractivity (Wildman–Crippen MR) is 71.0 cm³/mol. The van der Waals surface area contributed by atoms with Gasteiger partial charge < -0.3 is 10.8 Å². The zero-order chi connectivity index (χ0) is 12.1. The standard InChI is InChI=1S/C15H23NO/c16-10-13(11-17)6-5-12-7-8-14-3-1-2-4-15(14)9-12/h7-9,13,17H,1-6,10-11,16H2. The Hall–Kier alpha value is -0.860. The Morgan fingerprint density at radius 2 is 1.94 bits per heavy atom. The van der Waals surface area contributed by atoms with Crippen LogP contribution in [0.4, 0.5) is 0 Å². The molecule has 0 heterocycles. The maximum atomic E-state index is 9.12. The molecule has 0 spiro atoms. The minimum absolute atomic E-state index is 0.210. The lowest BCUT2D eigenvalue weighted by Gasteiger charge is -2.17.